The molecule has 0 saturated heterocycles. The second-order valence-corrected chi connectivity index (χ2v) is 5.81. The fraction of sp³-hybridized carbons (Fsp3) is 0.188. The van der Waals surface area contributed by atoms with E-state index in [1.54, 1.807) is 17.4 Å². The van der Waals surface area contributed by atoms with Gasteiger partial charge in [-0.2, -0.15) is 0 Å². The molecule has 1 heterocycles. The van der Waals surface area contributed by atoms with Crippen molar-refractivity contribution in [2.45, 2.75) is 19.5 Å². The summed E-state index contributed by atoms with van der Waals surface area (Å²) < 4.78 is 1.21. The second-order valence-electron chi connectivity index (χ2n) is 4.75. The van der Waals surface area contributed by atoms with Crippen molar-refractivity contribution in [3.8, 4) is 5.75 Å². The summed E-state index contributed by atoms with van der Waals surface area (Å²) in [5.41, 5.74) is 1.95. The van der Waals surface area contributed by atoms with Crippen LogP contribution in [0.4, 0.5) is 0 Å². The van der Waals surface area contributed by atoms with Crippen LogP contribution in [-0.4, -0.2) is 10.1 Å². The zero-order valence-corrected chi connectivity index (χ0v) is 12.0. The van der Waals surface area contributed by atoms with Gasteiger partial charge in [-0.1, -0.05) is 30.3 Å². The normalized spacial score (nSPS) is 12.7. The highest BCUT2D eigenvalue weighted by atomic mass is 32.1. The Bertz CT molecular complexity index is 690. The molecule has 3 nitrogen and oxygen atoms in total. The van der Waals surface area contributed by atoms with Gasteiger partial charge in [-0.25, -0.2) is 4.98 Å². The summed E-state index contributed by atoms with van der Waals surface area (Å²) in [5, 5.41) is 14.2. The van der Waals surface area contributed by atoms with E-state index in [0.717, 1.165) is 16.1 Å². The highest BCUT2D eigenvalue weighted by Gasteiger charge is 2.11. The maximum Gasteiger partial charge on any atom is 0.120 e. The maximum atomic E-state index is 9.76. The van der Waals surface area contributed by atoms with Gasteiger partial charge in [0.15, 0.2) is 0 Å². The number of phenolic OH excluding ortho intramolecular Hbond substituents is 1. The molecular weight excluding hydrogens is 268 g/mol. The molecular formula is C16H16N2OS. The van der Waals surface area contributed by atoms with Gasteiger partial charge in [-0.3, -0.25) is 0 Å². The number of hydrogen-bond acceptors (Lipinski definition) is 4. The summed E-state index contributed by atoms with van der Waals surface area (Å²) in [4.78, 5) is 4.64. The third-order valence-electron chi connectivity index (χ3n) is 3.27. The number of nitrogens with zero attached hydrogens (tertiary/aromatic N) is 1. The average molecular weight is 284 g/mol. The molecule has 1 atom stereocenters. The van der Waals surface area contributed by atoms with Crippen molar-refractivity contribution < 1.29 is 5.11 Å². The number of hydrogen-bond donors (Lipinski definition) is 2. The molecule has 3 aromatic rings. The minimum atomic E-state index is 0.159. The van der Waals surface area contributed by atoms with E-state index in [1.165, 1.54) is 4.70 Å². The van der Waals surface area contributed by atoms with Gasteiger partial charge in [0.1, 0.15) is 10.8 Å². The molecule has 102 valence electrons. The fourth-order valence-corrected chi connectivity index (χ4v) is 3.08. The van der Waals surface area contributed by atoms with Crippen LogP contribution < -0.4 is 5.32 Å². The van der Waals surface area contributed by atoms with Crippen LogP contribution >= 0.6 is 11.3 Å². The molecule has 3 rings (SSSR count). The van der Waals surface area contributed by atoms with Crippen LogP contribution in [0.25, 0.3) is 10.2 Å². The summed E-state index contributed by atoms with van der Waals surface area (Å²) in [7, 11) is 0. The number of aromatic nitrogens is 1. The largest absolute Gasteiger partial charge is 0.508 e. The van der Waals surface area contributed by atoms with Gasteiger partial charge >= 0.3 is 0 Å². The number of nitrogens with one attached hydrogen (secondary N) is 1. The summed E-state index contributed by atoms with van der Waals surface area (Å²) in [6, 6.07) is 15.7. The Morgan fingerprint density at radius 2 is 1.90 bits per heavy atom. The monoisotopic (exact) mass is 284 g/mol. The maximum absolute atomic E-state index is 9.76. The predicted octanol–water partition coefficient (Wildman–Crippen LogP) is 3.85. The van der Waals surface area contributed by atoms with Gasteiger partial charge in [-0.05, 0) is 25.1 Å². The minimum Gasteiger partial charge on any atom is -0.508 e. The number of phenols is 1. The molecule has 20 heavy (non-hydrogen) atoms. The first-order valence-corrected chi connectivity index (χ1v) is 7.41. The van der Waals surface area contributed by atoms with Crippen LogP contribution in [0.1, 0.15) is 23.5 Å². The Balaban J connectivity index is 1.73. The van der Waals surface area contributed by atoms with Crippen LogP contribution in [0.15, 0.2) is 48.5 Å². The number of rotatable bonds is 4. The molecule has 1 aromatic heterocycles. The molecule has 0 spiro atoms. The van der Waals surface area contributed by atoms with Crippen LogP contribution in [0.3, 0.4) is 0 Å². The number of aromatic hydroxyl groups is 1. The lowest BCUT2D eigenvalue weighted by Gasteiger charge is -2.11. The van der Waals surface area contributed by atoms with E-state index in [0.29, 0.717) is 12.3 Å². The molecule has 0 fully saturated rings. The fourth-order valence-electron chi connectivity index (χ4n) is 2.09. The Kier molecular flexibility index (Phi) is 3.67. The van der Waals surface area contributed by atoms with Gasteiger partial charge in [0.25, 0.3) is 0 Å². The summed E-state index contributed by atoms with van der Waals surface area (Å²) in [6.45, 7) is 2.72. The van der Waals surface area contributed by atoms with Gasteiger partial charge in [0, 0.05) is 12.1 Å². The molecule has 0 aliphatic carbocycles. The van der Waals surface area contributed by atoms with E-state index < -0.39 is 0 Å². The summed E-state index contributed by atoms with van der Waals surface area (Å²) >= 11 is 1.71. The van der Waals surface area contributed by atoms with E-state index in [4.69, 9.17) is 0 Å². The highest BCUT2D eigenvalue weighted by molar-refractivity contribution is 7.18. The van der Waals surface area contributed by atoms with Crippen LogP contribution in [-0.2, 0) is 6.54 Å². The number of benzene rings is 2. The molecule has 1 unspecified atom stereocenters. The Morgan fingerprint density at radius 1 is 1.15 bits per heavy atom. The van der Waals surface area contributed by atoms with E-state index in [2.05, 4.69) is 23.3 Å². The van der Waals surface area contributed by atoms with Crippen LogP contribution in [0.5, 0.6) is 5.75 Å². The zero-order chi connectivity index (χ0) is 13.9. The number of thiazole rings is 1. The molecule has 4 heteroatoms. The van der Waals surface area contributed by atoms with Crippen molar-refractivity contribution in [3.05, 3.63) is 59.1 Å². The number of fused-ring (bicyclic) bond motifs is 1. The summed E-state index contributed by atoms with van der Waals surface area (Å²) in [5.74, 6) is 0.330. The van der Waals surface area contributed by atoms with Crippen molar-refractivity contribution in [3.63, 3.8) is 0 Å². The van der Waals surface area contributed by atoms with Crippen molar-refractivity contribution >= 4 is 21.6 Å². The molecule has 0 saturated carbocycles. The molecule has 0 amide bonds. The SMILES string of the molecule is CC(NCc1ccccc1O)c1nc2ccccc2s1. The van der Waals surface area contributed by atoms with Crippen LogP contribution in [0.2, 0.25) is 0 Å². The van der Waals surface area contributed by atoms with Crippen LogP contribution in [0, 0.1) is 0 Å². The van der Waals surface area contributed by atoms with E-state index in [1.807, 2.05) is 36.4 Å². The van der Waals surface area contributed by atoms with Gasteiger partial charge in [0.05, 0.1) is 16.3 Å². The first-order chi connectivity index (χ1) is 9.74. The third kappa shape index (κ3) is 2.66. The minimum absolute atomic E-state index is 0.159. The van der Waals surface area contributed by atoms with Gasteiger partial charge < -0.3 is 10.4 Å². The lowest BCUT2D eigenvalue weighted by atomic mass is 10.2. The molecule has 2 N–H and O–H groups in total. The highest BCUT2D eigenvalue weighted by Crippen LogP contribution is 2.26. The molecule has 0 radical (unpaired) electrons. The quantitative estimate of drug-likeness (QED) is 0.765. The van der Waals surface area contributed by atoms with Gasteiger partial charge in [0.2, 0.25) is 0 Å². The Morgan fingerprint density at radius 3 is 2.70 bits per heavy atom. The van der Waals surface area contributed by atoms with E-state index in [9.17, 15) is 5.11 Å². The van der Waals surface area contributed by atoms with Gasteiger partial charge in [-0.15, -0.1) is 11.3 Å². The van der Waals surface area contributed by atoms with Crippen molar-refractivity contribution in [2.24, 2.45) is 0 Å². The molecule has 0 bridgehead atoms. The van der Waals surface area contributed by atoms with E-state index >= 15 is 0 Å². The predicted molar refractivity (Wildman–Crippen MR) is 83.0 cm³/mol. The number of para-hydroxylation sites is 2. The Labute approximate surface area is 121 Å². The Hall–Kier alpha value is -1.91. The first-order valence-electron chi connectivity index (χ1n) is 6.60. The topological polar surface area (TPSA) is 45.1 Å². The average Bonchev–Trinajstić information content (AvgIpc) is 2.90. The lowest BCUT2D eigenvalue weighted by Crippen LogP contribution is -2.17. The van der Waals surface area contributed by atoms with E-state index in [-0.39, 0.29) is 6.04 Å². The second kappa shape index (κ2) is 5.61. The lowest BCUT2D eigenvalue weighted by molar-refractivity contribution is 0.460. The first kappa shape index (κ1) is 13.1. The van der Waals surface area contributed by atoms with Crippen molar-refractivity contribution in [1.29, 1.82) is 0 Å². The zero-order valence-electron chi connectivity index (χ0n) is 11.2. The molecule has 0 aliphatic heterocycles. The van der Waals surface area contributed by atoms with Crippen molar-refractivity contribution in [1.82, 2.24) is 10.3 Å². The summed E-state index contributed by atoms with van der Waals surface area (Å²) in [6.07, 6.45) is 0. The smallest absolute Gasteiger partial charge is 0.120 e. The standard InChI is InChI=1S/C16H16N2OS/c1-11(17-10-12-6-2-4-8-14(12)19)16-18-13-7-3-5-9-15(13)20-16/h2-9,11,17,19H,10H2,1H3. The third-order valence-corrected chi connectivity index (χ3v) is 4.49. The molecule has 2 aromatic carbocycles. The molecule has 0 aliphatic rings. The van der Waals surface area contributed by atoms with Crippen molar-refractivity contribution in [2.75, 3.05) is 0 Å².